The topological polar surface area (TPSA) is 46.2 Å². The van der Waals surface area contributed by atoms with Gasteiger partial charge in [0.1, 0.15) is 6.61 Å². The van der Waals surface area contributed by atoms with Crippen LogP contribution < -0.4 is 0 Å². The molecule has 146 valence electrons. The van der Waals surface area contributed by atoms with E-state index in [1.807, 2.05) is 41.5 Å². The summed E-state index contributed by atoms with van der Waals surface area (Å²) in [5.41, 5.74) is -0.890. The second-order valence-electron chi connectivity index (χ2n) is 8.62. The van der Waals surface area contributed by atoms with Gasteiger partial charge in [-0.2, -0.15) is 9.78 Å². The van der Waals surface area contributed by atoms with Crippen molar-refractivity contribution in [1.29, 1.82) is 0 Å². The molecule has 0 radical (unpaired) electrons. The molecule has 0 N–H and O–H groups in total. The van der Waals surface area contributed by atoms with Crippen LogP contribution in [0.4, 0.5) is 0 Å². The minimum atomic E-state index is -1.12. The highest BCUT2D eigenvalue weighted by atomic mass is 17.3. The Balaban J connectivity index is 4.56. The van der Waals surface area contributed by atoms with Crippen molar-refractivity contribution in [3.63, 3.8) is 0 Å². The molecule has 0 saturated carbocycles. The summed E-state index contributed by atoms with van der Waals surface area (Å²) < 4.78 is 5.87. The SMILES string of the molecule is CCCCC(CC)COCC(C)(OOC(C)(C)C)OOC(C)(C)C. The monoisotopic (exact) mass is 348 g/mol. The predicted octanol–water partition coefficient (Wildman–Crippen LogP) is 5.43. The van der Waals surface area contributed by atoms with Crippen molar-refractivity contribution < 1.29 is 24.3 Å². The lowest BCUT2D eigenvalue weighted by atomic mass is 10.0. The van der Waals surface area contributed by atoms with Crippen molar-refractivity contribution in [1.82, 2.24) is 0 Å². The second-order valence-corrected chi connectivity index (χ2v) is 8.62. The Labute approximate surface area is 149 Å². The van der Waals surface area contributed by atoms with Gasteiger partial charge in [0, 0.05) is 6.61 Å². The molecule has 0 bridgehead atoms. The maximum Gasteiger partial charge on any atom is 0.254 e. The van der Waals surface area contributed by atoms with Gasteiger partial charge in [0.15, 0.2) is 0 Å². The summed E-state index contributed by atoms with van der Waals surface area (Å²) in [6.45, 7) is 18.6. The first kappa shape index (κ1) is 23.8. The van der Waals surface area contributed by atoms with E-state index in [1.54, 1.807) is 6.92 Å². The minimum absolute atomic E-state index is 0.238. The van der Waals surface area contributed by atoms with Gasteiger partial charge < -0.3 is 4.74 Å². The van der Waals surface area contributed by atoms with Gasteiger partial charge >= 0.3 is 0 Å². The maximum absolute atomic E-state index is 5.87. The molecule has 0 aliphatic heterocycles. The van der Waals surface area contributed by atoms with Crippen LogP contribution >= 0.6 is 0 Å². The summed E-state index contributed by atoms with van der Waals surface area (Å²) in [5.74, 6) is -0.565. The zero-order chi connectivity index (χ0) is 18.9. The molecule has 5 heteroatoms. The highest BCUT2D eigenvalue weighted by Gasteiger charge is 2.34. The van der Waals surface area contributed by atoms with Crippen molar-refractivity contribution in [2.24, 2.45) is 5.92 Å². The van der Waals surface area contributed by atoms with Crippen LogP contribution in [0, 0.1) is 5.92 Å². The zero-order valence-electron chi connectivity index (χ0n) is 17.4. The lowest BCUT2D eigenvalue weighted by Gasteiger charge is -2.32. The van der Waals surface area contributed by atoms with Crippen LogP contribution in [0.1, 0.15) is 88.0 Å². The number of hydrogen-bond acceptors (Lipinski definition) is 5. The van der Waals surface area contributed by atoms with Crippen molar-refractivity contribution in [2.75, 3.05) is 13.2 Å². The standard InChI is InChI=1S/C19H40O5/c1-10-12-13-16(11-2)14-20-15-19(9,23-21-17(3,4)5)24-22-18(6,7)8/h16H,10-15H2,1-9H3. The highest BCUT2D eigenvalue weighted by Crippen LogP contribution is 2.23. The Bertz CT molecular complexity index is 299. The molecule has 0 aromatic heterocycles. The van der Waals surface area contributed by atoms with Crippen LogP contribution in [0.15, 0.2) is 0 Å². The Morgan fingerprint density at radius 3 is 1.62 bits per heavy atom. The van der Waals surface area contributed by atoms with E-state index >= 15 is 0 Å². The molecule has 24 heavy (non-hydrogen) atoms. The van der Waals surface area contributed by atoms with Gasteiger partial charge in [-0.15, -0.1) is 0 Å². The fourth-order valence-electron chi connectivity index (χ4n) is 1.80. The van der Waals surface area contributed by atoms with Crippen LogP contribution in [0.3, 0.4) is 0 Å². The Morgan fingerprint density at radius 2 is 1.25 bits per heavy atom. The molecule has 0 aromatic carbocycles. The highest BCUT2D eigenvalue weighted by molar-refractivity contribution is 4.64. The number of ether oxygens (including phenoxy) is 1. The quantitative estimate of drug-likeness (QED) is 0.267. The van der Waals surface area contributed by atoms with Crippen molar-refractivity contribution >= 4 is 0 Å². The summed E-state index contributed by atoms with van der Waals surface area (Å²) in [6, 6.07) is 0. The van der Waals surface area contributed by atoms with Gasteiger partial charge in [-0.3, -0.25) is 0 Å². The predicted molar refractivity (Wildman–Crippen MR) is 96.4 cm³/mol. The van der Waals surface area contributed by atoms with Gasteiger partial charge in [0.2, 0.25) is 0 Å². The van der Waals surface area contributed by atoms with Crippen molar-refractivity contribution in [3.8, 4) is 0 Å². The Kier molecular flexibility index (Phi) is 10.6. The molecule has 0 spiro atoms. The fraction of sp³-hybridized carbons (Fsp3) is 1.00. The third kappa shape index (κ3) is 13.1. The van der Waals surface area contributed by atoms with Gasteiger partial charge in [-0.1, -0.05) is 33.1 Å². The van der Waals surface area contributed by atoms with E-state index in [1.165, 1.54) is 19.3 Å². The van der Waals surface area contributed by atoms with Gasteiger partial charge in [-0.25, -0.2) is 9.78 Å². The van der Waals surface area contributed by atoms with E-state index in [2.05, 4.69) is 13.8 Å². The van der Waals surface area contributed by atoms with E-state index in [0.717, 1.165) is 6.42 Å². The van der Waals surface area contributed by atoms with Crippen LogP contribution in [-0.4, -0.2) is 30.2 Å². The fourth-order valence-corrected chi connectivity index (χ4v) is 1.80. The smallest absolute Gasteiger partial charge is 0.254 e. The first-order chi connectivity index (χ1) is 10.9. The summed E-state index contributed by atoms with van der Waals surface area (Å²) >= 11 is 0. The largest absolute Gasteiger partial charge is 0.375 e. The van der Waals surface area contributed by atoms with Gasteiger partial charge in [0.25, 0.3) is 5.79 Å². The third-order valence-corrected chi connectivity index (χ3v) is 3.20. The van der Waals surface area contributed by atoms with E-state index in [-0.39, 0.29) is 6.61 Å². The normalized spacial score (nSPS) is 14.9. The number of unbranched alkanes of at least 4 members (excludes halogenated alkanes) is 1. The van der Waals surface area contributed by atoms with E-state index in [9.17, 15) is 0 Å². The van der Waals surface area contributed by atoms with Crippen molar-refractivity contribution in [2.45, 2.75) is 105 Å². The molecular weight excluding hydrogens is 308 g/mol. The van der Waals surface area contributed by atoms with E-state index in [4.69, 9.17) is 24.3 Å². The molecule has 0 rings (SSSR count). The van der Waals surface area contributed by atoms with Gasteiger partial charge in [0.05, 0.1) is 11.2 Å². The Hall–Kier alpha value is -0.200. The lowest BCUT2D eigenvalue weighted by Crippen LogP contribution is -2.42. The first-order valence-electron chi connectivity index (χ1n) is 9.22. The molecule has 0 aliphatic carbocycles. The molecule has 0 amide bonds. The first-order valence-corrected chi connectivity index (χ1v) is 9.22. The summed E-state index contributed by atoms with van der Waals surface area (Å²) in [7, 11) is 0. The summed E-state index contributed by atoms with van der Waals surface area (Å²) in [4.78, 5) is 21.9. The summed E-state index contributed by atoms with van der Waals surface area (Å²) in [6.07, 6.45) is 4.73. The molecule has 0 saturated heterocycles. The molecule has 1 atom stereocenters. The molecule has 5 nitrogen and oxygen atoms in total. The second kappa shape index (κ2) is 10.7. The number of hydrogen-bond donors (Lipinski definition) is 0. The van der Waals surface area contributed by atoms with Gasteiger partial charge in [-0.05, 0) is 60.8 Å². The third-order valence-electron chi connectivity index (χ3n) is 3.20. The maximum atomic E-state index is 5.87. The molecule has 1 unspecified atom stereocenters. The molecule has 0 aromatic rings. The number of rotatable bonds is 12. The average Bonchev–Trinajstić information content (AvgIpc) is 2.45. The van der Waals surface area contributed by atoms with Crippen LogP contribution in [0.5, 0.6) is 0 Å². The average molecular weight is 349 g/mol. The van der Waals surface area contributed by atoms with Crippen LogP contribution in [0.25, 0.3) is 0 Å². The molecule has 0 aliphatic rings. The van der Waals surface area contributed by atoms with E-state index < -0.39 is 17.0 Å². The molecule has 0 fully saturated rings. The van der Waals surface area contributed by atoms with Crippen LogP contribution in [0.2, 0.25) is 0 Å². The lowest BCUT2D eigenvalue weighted by molar-refractivity contribution is -0.540. The Morgan fingerprint density at radius 1 is 0.750 bits per heavy atom. The zero-order valence-corrected chi connectivity index (χ0v) is 17.4. The molecule has 0 heterocycles. The van der Waals surface area contributed by atoms with Crippen LogP contribution in [-0.2, 0) is 24.3 Å². The van der Waals surface area contributed by atoms with E-state index in [0.29, 0.717) is 12.5 Å². The minimum Gasteiger partial charge on any atom is -0.375 e. The summed E-state index contributed by atoms with van der Waals surface area (Å²) in [5, 5.41) is 0. The van der Waals surface area contributed by atoms with Crippen molar-refractivity contribution in [3.05, 3.63) is 0 Å². The molecular formula is C19H40O5.